The minimum atomic E-state index is -0.388. The Bertz CT molecular complexity index is 1270. The Hall–Kier alpha value is -3.71. The summed E-state index contributed by atoms with van der Waals surface area (Å²) in [6.45, 7) is 0.0962. The summed E-state index contributed by atoms with van der Waals surface area (Å²) in [6.07, 6.45) is 0.0386. The standard InChI is InChI=1S/C23H16N2O4S/c26-22(12-17-11-20(29-25-17)15-6-2-1-3-7-15)27-13-18-14-30-23(24-18)21-10-16-8-4-5-9-19(16)28-21/h1-11,14H,12-13H2. The summed E-state index contributed by atoms with van der Waals surface area (Å²) in [6, 6.07) is 21.1. The molecule has 2 aromatic carbocycles. The number of esters is 1. The van der Waals surface area contributed by atoms with Crippen LogP contribution in [0.25, 0.3) is 33.1 Å². The van der Waals surface area contributed by atoms with Crippen LogP contribution in [-0.2, 0) is 22.6 Å². The Morgan fingerprint density at radius 2 is 1.80 bits per heavy atom. The van der Waals surface area contributed by atoms with Crippen LogP contribution in [-0.4, -0.2) is 16.1 Å². The lowest BCUT2D eigenvalue weighted by atomic mass is 10.1. The van der Waals surface area contributed by atoms with Crippen molar-refractivity contribution in [2.45, 2.75) is 13.0 Å². The summed E-state index contributed by atoms with van der Waals surface area (Å²) in [5, 5.41) is 7.59. The van der Waals surface area contributed by atoms with Gasteiger partial charge in [0.1, 0.15) is 12.2 Å². The van der Waals surface area contributed by atoms with Crippen LogP contribution in [0, 0.1) is 0 Å². The fourth-order valence-electron chi connectivity index (χ4n) is 3.06. The van der Waals surface area contributed by atoms with Gasteiger partial charge in [0.05, 0.1) is 17.8 Å². The number of para-hydroxylation sites is 1. The van der Waals surface area contributed by atoms with Crippen LogP contribution in [0.2, 0.25) is 0 Å². The molecule has 0 N–H and O–H groups in total. The van der Waals surface area contributed by atoms with E-state index in [1.54, 1.807) is 6.07 Å². The van der Waals surface area contributed by atoms with Crippen molar-refractivity contribution in [3.8, 4) is 22.1 Å². The van der Waals surface area contributed by atoms with Gasteiger partial charge in [-0.3, -0.25) is 4.79 Å². The van der Waals surface area contributed by atoms with Crippen LogP contribution in [0.1, 0.15) is 11.4 Å². The van der Waals surface area contributed by atoms with Crippen LogP contribution < -0.4 is 0 Å². The highest BCUT2D eigenvalue weighted by molar-refractivity contribution is 7.13. The minimum absolute atomic E-state index is 0.0386. The molecule has 7 heteroatoms. The van der Waals surface area contributed by atoms with Crippen LogP contribution >= 0.6 is 11.3 Å². The van der Waals surface area contributed by atoms with Crippen LogP contribution in [0.3, 0.4) is 0 Å². The summed E-state index contributed by atoms with van der Waals surface area (Å²) in [7, 11) is 0. The van der Waals surface area contributed by atoms with Crippen LogP contribution in [0.15, 0.2) is 81.1 Å². The van der Waals surface area contributed by atoms with Crippen LogP contribution in [0.5, 0.6) is 0 Å². The predicted octanol–water partition coefficient (Wildman–Crippen LogP) is 5.50. The maximum atomic E-state index is 12.2. The SMILES string of the molecule is O=C(Cc1cc(-c2ccccc2)on1)OCc1csc(-c2cc3ccccc3o2)n1. The van der Waals surface area contributed by atoms with E-state index in [-0.39, 0.29) is 19.0 Å². The molecule has 5 aromatic rings. The molecule has 0 atom stereocenters. The third-order valence-electron chi connectivity index (χ3n) is 4.51. The van der Waals surface area contributed by atoms with Gasteiger partial charge in [0.15, 0.2) is 16.5 Å². The van der Waals surface area contributed by atoms with Gasteiger partial charge in [-0.1, -0.05) is 53.7 Å². The van der Waals surface area contributed by atoms with E-state index >= 15 is 0 Å². The topological polar surface area (TPSA) is 78.4 Å². The first-order valence-corrected chi connectivity index (χ1v) is 10.2. The van der Waals surface area contributed by atoms with Gasteiger partial charge in [-0.2, -0.15) is 0 Å². The van der Waals surface area contributed by atoms with Crippen molar-refractivity contribution in [3.05, 3.63) is 83.5 Å². The molecule has 0 unspecified atom stereocenters. The molecule has 0 aliphatic carbocycles. The van der Waals surface area contributed by atoms with Gasteiger partial charge in [-0.15, -0.1) is 11.3 Å². The van der Waals surface area contributed by atoms with E-state index in [9.17, 15) is 4.79 Å². The first kappa shape index (κ1) is 18.3. The Morgan fingerprint density at radius 3 is 2.67 bits per heavy atom. The number of ether oxygens (including phenoxy) is 1. The number of benzene rings is 2. The van der Waals surface area contributed by atoms with Gasteiger partial charge in [-0.05, 0) is 12.1 Å². The molecule has 0 aliphatic rings. The third-order valence-corrected chi connectivity index (χ3v) is 5.42. The number of carbonyl (C=O) groups excluding carboxylic acids is 1. The molecule has 5 rings (SSSR count). The average Bonchev–Trinajstić information content (AvgIpc) is 3.52. The lowest BCUT2D eigenvalue weighted by Gasteiger charge is -2.00. The molecule has 0 bridgehead atoms. The van der Waals surface area contributed by atoms with Crippen molar-refractivity contribution in [2.24, 2.45) is 0 Å². The highest BCUT2D eigenvalue weighted by Gasteiger charge is 2.14. The van der Waals surface area contributed by atoms with Crippen molar-refractivity contribution in [1.82, 2.24) is 10.1 Å². The molecule has 3 aromatic heterocycles. The first-order valence-electron chi connectivity index (χ1n) is 9.34. The van der Waals surface area contributed by atoms with Crippen LogP contribution in [0.4, 0.5) is 0 Å². The number of thiazole rings is 1. The molecule has 148 valence electrons. The lowest BCUT2D eigenvalue weighted by molar-refractivity contribution is -0.144. The smallest absolute Gasteiger partial charge is 0.312 e. The Kier molecular flexibility index (Phi) is 4.86. The van der Waals surface area contributed by atoms with E-state index in [0.717, 1.165) is 21.5 Å². The van der Waals surface area contributed by atoms with E-state index in [4.69, 9.17) is 13.7 Å². The maximum Gasteiger partial charge on any atom is 0.312 e. The molecule has 30 heavy (non-hydrogen) atoms. The van der Waals surface area contributed by atoms with Gasteiger partial charge < -0.3 is 13.7 Å². The Morgan fingerprint density at radius 1 is 0.967 bits per heavy atom. The summed E-state index contributed by atoms with van der Waals surface area (Å²) in [5.41, 5.74) is 2.93. The Balaban J connectivity index is 1.20. The second-order valence-corrected chi connectivity index (χ2v) is 7.54. The highest BCUT2D eigenvalue weighted by Crippen LogP contribution is 2.30. The average molecular weight is 416 g/mol. The molecule has 3 heterocycles. The molecular formula is C23H16N2O4S. The molecule has 0 radical (unpaired) electrons. The number of hydrogen-bond donors (Lipinski definition) is 0. The maximum absolute atomic E-state index is 12.2. The van der Waals surface area contributed by atoms with Gasteiger partial charge in [-0.25, -0.2) is 4.98 Å². The molecular weight excluding hydrogens is 400 g/mol. The number of fused-ring (bicyclic) bond motifs is 1. The molecule has 0 amide bonds. The fourth-order valence-corrected chi connectivity index (χ4v) is 3.82. The first-order chi connectivity index (χ1) is 14.7. The second kappa shape index (κ2) is 7.96. The van der Waals surface area contributed by atoms with Crippen molar-refractivity contribution in [2.75, 3.05) is 0 Å². The van der Waals surface area contributed by atoms with Crippen molar-refractivity contribution in [1.29, 1.82) is 0 Å². The number of hydrogen-bond acceptors (Lipinski definition) is 7. The zero-order chi connectivity index (χ0) is 20.3. The Labute approximate surface area is 175 Å². The molecule has 6 nitrogen and oxygen atoms in total. The zero-order valence-electron chi connectivity index (χ0n) is 15.8. The predicted molar refractivity (Wildman–Crippen MR) is 113 cm³/mol. The number of nitrogens with zero attached hydrogens (tertiary/aromatic N) is 2. The normalized spacial score (nSPS) is 11.1. The van der Waals surface area contributed by atoms with Crippen molar-refractivity contribution in [3.63, 3.8) is 0 Å². The number of aromatic nitrogens is 2. The van der Waals surface area contributed by atoms with E-state index in [1.165, 1.54) is 11.3 Å². The number of furan rings is 1. The number of carbonyl (C=O) groups is 1. The molecule has 0 saturated carbocycles. The number of rotatable bonds is 6. The molecule has 0 aliphatic heterocycles. The van der Waals surface area contributed by atoms with Gasteiger partial charge in [0.25, 0.3) is 0 Å². The van der Waals surface area contributed by atoms with E-state index in [1.807, 2.05) is 66.0 Å². The quantitative estimate of drug-likeness (QED) is 0.340. The van der Waals surface area contributed by atoms with Crippen molar-refractivity contribution >= 4 is 28.3 Å². The molecule has 0 saturated heterocycles. The van der Waals surface area contributed by atoms with Crippen molar-refractivity contribution < 1.29 is 18.5 Å². The molecule has 0 fully saturated rings. The monoisotopic (exact) mass is 416 g/mol. The third kappa shape index (κ3) is 3.88. The summed E-state index contributed by atoms with van der Waals surface area (Å²) in [5.74, 6) is 0.935. The lowest BCUT2D eigenvalue weighted by Crippen LogP contribution is -2.08. The molecule has 0 spiro atoms. The fraction of sp³-hybridized carbons (Fsp3) is 0.0870. The zero-order valence-corrected chi connectivity index (χ0v) is 16.6. The van der Waals surface area contributed by atoms with E-state index < -0.39 is 0 Å². The van der Waals surface area contributed by atoms with E-state index in [0.29, 0.717) is 22.9 Å². The highest BCUT2D eigenvalue weighted by atomic mass is 32.1. The van der Waals surface area contributed by atoms with Gasteiger partial charge in [0, 0.05) is 22.4 Å². The summed E-state index contributed by atoms with van der Waals surface area (Å²) in [4.78, 5) is 16.7. The summed E-state index contributed by atoms with van der Waals surface area (Å²) < 4.78 is 16.5. The van der Waals surface area contributed by atoms with Gasteiger partial charge >= 0.3 is 5.97 Å². The largest absolute Gasteiger partial charge is 0.459 e. The summed E-state index contributed by atoms with van der Waals surface area (Å²) >= 11 is 1.45. The second-order valence-electron chi connectivity index (χ2n) is 6.68. The van der Waals surface area contributed by atoms with Gasteiger partial charge in [0.2, 0.25) is 0 Å². The minimum Gasteiger partial charge on any atom is -0.459 e. The van der Waals surface area contributed by atoms with E-state index in [2.05, 4.69) is 10.1 Å².